The Bertz CT molecular complexity index is 700. The van der Waals surface area contributed by atoms with Crippen LogP contribution in [0.3, 0.4) is 0 Å². The van der Waals surface area contributed by atoms with E-state index in [1.807, 2.05) is 30.3 Å². The second-order valence-electron chi connectivity index (χ2n) is 5.62. The molecule has 0 aromatic heterocycles. The monoisotopic (exact) mass is 277 g/mol. The number of hydrogen-bond acceptors (Lipinski definition) is 3. The molecule has 0 saturated carbocycles. The lowest BCUT2D eigenvalue weighted by atomic mass is 9.95. The van der Waals surface area contributed by atoms with Crippen molar-refractivity contribution in [3.05, 3.63) is 64.7 Å². The molecule has 0 bridgehead atoms. The third-order valence-corrected chi connectivity index (χ3v) is 4.38. The van der Waals surface area contributed by atoms with Crippen molar-refractivity contribution in [3.8, 4) is 6.07 Å². The molecule has 0 saturated heterocycles. The number of hydrogen-bond donors (Lipinski definition) is 1. The van der Waals surface area contributed by atoms with Crippen LogP contribution in [0.4, 0.5) is 5.69 Å². The molecule has 1 atom stereocenters. The maximum Gasteiger partial charge on any atom is 0.0991 e. The molecule has 1 aliphatic rings. The van der Waals surface area contributed by atoms with Gasteiger partial charge in [0, 0.05) is 24.8 Å². The fraction of sp³-hybridized carbons (Fsp3) is 0.278. The number of nitrogens with zero attached hydrogens (tertiary/aromatic N) is 2. The van der Waals surface area contributed by atoms with Crippen LogP contribution < -0.4 is 5.73 Å². The second kappa shape index (κ2) is 5.59. The standard InChI is InChI=1S/C18H19N3/c1-13(16-6-2-4-14(10-16)11-19)21-9-8-15-5-3-7-18(20)17(15)12-21/h2-7,10,13H,8-9,12,20H2,1H3. The number of nitriles is 1. The summed E-state index contributed by atoms with van der Waals surface area (Å²) in [7, 11) is 0. The summed E-state index contributed by atoms with van der Waals surface area (Å²) in [5.41, 5.74) is 11.5. The number of nitrogen functional groups attached to an aromatic ring is 1. The first-order valence-corrected chi connectivity index (χ1v) is 7.29. The molecule has 2 aromatic rings. The van der Waals surface area contributed by atoms with Crippen molar-refractivity contribution >= 4 is 5.69 Å². The smallest absolute Gasteiger partial charge is 0.0991 e. The summed E-state index contributed by atoms with van der Waals surface area (Å²) in [6.07, 6.45) is 1.03. The Labute approximate surface area is 125 Å². The molecule has 0 aliphatic carbocycles. The Hall–Kier alpha value is -2.31. The highest BCUT2D eigenvalue weighted by Gasteiger charge is 2.23. The van der Waals surface area contributed by atoms with E-state index < -0.39 is 0 Å². The van der Waals surface area contributed by atoms with Crippen LogP contribution >= 0.6 is 0 Å². The van der Waals surface area contributed by atoms with Gasteiger partial charge < -0.3 is 5.73 Å². The van der Waals surface area contributed by atoms with Crippen LogP contribution in [0.25, 0.3) is 0 Å². The molecule has 1 heterocycles. The molecule has 3 nitrogen and oxygen atoms in total. The predicted molar refractivity (Wildman–Crippen MR) is 84.5 cm³/mol. The SMILES string of the molecule is CC(c1cccc(C#N)c1)N1CCc2cccc(N)c2C1. The Morgan fingerprint density at radius 2 is 2.05 bits per heavy atom. The normalized spacial score (nSPS) is 16.0. The Balaban J connectivity index is 1.85. The predicted octanol–water partition coefficient (Wildman–Crippen LogP) is 3.26. The third-order valence-electron chi connectivity index (χ3n) is 4.38. The molecule has 2 N–H and O–H groups in total. The average Bonchev–Trinajstić information content (AvgIpc) is 2.54. The first-order chi connectivity index (χ1) is 10.2. The Morgan fingerprint density at radius 1 is 1.24 bits per heavy atom. The summed E-state index contributed by atoms with van der Waals surface area (Å²) in [6.45, 7) is 4.09. The number of nitrogens with two attached hydrogens (primary N) is 1. The molecule has 1 unspecified atom stereocenters. The van der Waals surface area contributed by atoms with Crippen molar-refractivity contribution in [1.82, 2.24) is 4.90 Å². The van der Waals surface area contributed by atoms with Gasteiger partial charge in [-0.15, -0.1) is 0 Å². The van der Waals surface area contributed by atoms with Gasteiger partial charge >= 0.3 is 0 Å². The van der Waals surface area contributed by atoms with Crippen LogP contribution in [0, 0.1) is 11.3 Å². The van der Waals surface area contributed by atoms with Crippen molar-refractivity contribution in [2.45, 2.75) is 25.9 Å². The molecule has 2 aromatic carbocycles. The van der Waals surface area contributed by atoms with Gasteiger partial charge in [-0.2, -0.15) is 5.26 Å². The van der Waals surface area contributed by atoms with E-state index in [9.17, 15) is 0 Å². The Morgan fingerprint density at radius 3 is 2.86 bits per heavy atom. The lowest BCUT2D eigenvalue weighted by Crippen LogP contribution is -2.33. The molecule has 3 rings (SSSR count). The molecular weight excluding hydrogens is 258 g/mol. The Kier molecular flexibility index (Phi) is 3.64. The van der Waals surface area contributed by atoms with E-state index in [0.717, 1.165) is 30.8 Å². The van der Waals surface area contributed by atoms with Crippen LogP contribution in [0.15, 0.2) is 42.5 Å². The zero-order valence-corrected chi connectivity index (χ0v) is 12.2. The number of rotatable bonds is 2. The van der Waals surface area contributed by atoms with Crippen LogP contribution in [0.2, 0.25) is 0 Å². The molecule has 21 heavy (non-hydrogen) atoms. The molecule has 0 radical (unpaired) electrons. The minimum absolute atomic E-state index is 0.283. The van der Waals surface area contributed by atoms with Crippen molar-refractivity contribution in [2.24, 2.45) is 0 Å². The van der Waals surface area contributed by atoms with Gasteiger partial charge in [0.1, 0.15) is 0 Å². The molecule has 0 spiro atoms. The van der Waals surface area contributed by atoms with Crippen molar-refractivity contribution in [1.29, 1.82) is 5.26 Å². The van der Waals surface area contributed by atoms with E-state index in [4.69, 9.17) is 11.0 Å². The number of fused-ring (bicyclic) bond motifs is 1. The van der Waals surface area contributed by atoms with E-state index in [2.05, 4.69) is 30.0 Å². The largest absolute Gasteiger partial charge is 0.398 e. The second-order valence-corrected chi connectivity index (χ2v) is 5.62. The van der Waals surface area contributed by atoms with Crippen LogP contribution in [-0.4, -0.2) is 11.4 Å². The summed E-state index contributed by atoms with van der Waals surface area (Å²) in [6, 6.07) is 16.5. The molecule has 3 heteroatoms. The molecule has 106 valence electrons. The summed E-state index contributed by atoms with van der Waals surface area (Å²) in [5.74, 6) is 0. The van der Waals surface area contributed by atoms with Gasteiger partial charge in [-0.05, 0) is 48.2 Å². The maximum atomic E-state index is 9.04. The van der Waals surface area contributed by atoms with Gasteiger partial charge in [0.2, 0.25) is 0 Å². The first-order valence-electron chi connectivity index (χ1n) is 7.29. The number of benzene rings is 2. The number of anilines is 1. The lowest BCUT2D eigenvalue weighted by molar-refractivity contribution is 0.192. The molecular formula is C18H19N3. The van der Waals surface area contributed by atoms with Gasteiger partial charge in [-0.25, -0.2) is 0 Å². The van der Waals surface area contributed by atoms with E-state index in [-0.39, 0.29) is 6.04 Å². The highest BCUT2D eigenvalue weighted by atomic mass is 15.2. The summed E-state index contributed by atoms with van der Waals surface area (Å²) >= 11 is 0. The van der Waals surface area contributed by atoms with Gasteiger partial charge in [-0.1, -0.05) is 24.3 Å². The zero-order chi connectivity index (χ0) is 14.8. The van der Waals surface area contributed by atoms with Crippen molar-refractivity contribution in [2.75, 3.05) is 12.3 Å². The molecule has 1 aliphatic heterocycles. The highest BCUT2D eigenvalue weighted by Crippen LogP contribution is 2.30. The summed E-state index contributed by atoms with van der Waals surface area (Å²) in [5, 5.41) is 9.04. The molecule has 0 fully saturated rings. The van der Waals surface area contributed by atoms with Crippen LogP contribution in [0.5, 0.6) is 0 Å². The quantitative estimate of drug-likeness (QED) is 0.857. The van der Waals surface area contributed by atoms with Crippen LogP contribution in [-0.2, 0) is 13.0 Å². The van der Waals surface area contributed by atoms with E-state index in [0.29, 0.717) is 0 Å². The minimum atomic E-state index is 0.283. The highest BCUT2D eigenvalue weighted by molar-refractivity contribution is 5.52. The topological polar surface area (TPSA) is 53.0 Å². The lowest BCUT2D eigenvalue weighted by Gasteiger charge is -2.34. The van der Waals surface area contributed by atoms with E-state index in [1.165, 1.54) is 16.7 Å². The average molecular weight is 277 g/mol. The third kappa shape index (κ3) is 2.63. The summed E-state index contributed by atoms with van der Waals surface area (Å²) in [4.78, 5) is 2.43. The fourth-order valence-electron chi connectivity index (χ4n) is 3.04. The van der Waals surface area contributed by atoms with Gasteiger partial charge in [0.15, 0.2) is 0 Å². The van der Waals surface area contributed by atoms with Crippen LogP contribution in [0.1, 0.15) is 35.2 Å². The van der Waals surface area contributed by atoms with Gasteiger partial charge in [0.25, 0.3) is 0 Å². The van der Waals surface area contributed by atoms with Gasteiger partial charge in [0.05, 0.1) is 11.6 Å². The van der Waals surface area contributed by atoms with Crippen molar-refractivity contribution < 1.29 is 0 Å². The first kappa shape index (κ1) is 13.7. The maximum absolute atomic E-state index is 9.04. The summed E-state index contributed by atoms with van der Waals surface area (Å²) < 4.78 is 0. The zero-order valence-electron chi connectivity index (χ0n) is 12.2. The fourth-order valence-corrected chi connectivity index (χ4v) is 3.04. The van der Waals surface area contributed by atoms with Crippen molar-refractivity contribution in [3.63, 3.8) is 0 Å². The molecule has 0 amide bonds. The minimum Gasteiger partial charge on any atom is -0.398 e. The van der Waals surface area contributed by atoms with E-state index in [1.54, 1.807) is 0 Å². The van der Waals surface area contributed by atoms with Gasteiger partial charge in [-0.3, -0.25) is 4.90 Å². The van der Waals surface area contributed by atoms with E-state index >= 15 is 0 Å².